The Bertz CT molecular complexity index is 248. The third-order valence-electron chi connectivity index (χ3n) is 3.57. The fourth-order valence-corrected chi connectivity index (χ4v) is 3.02. The van der Waals surface area contributed by atoms with E-state index in [1.807, 2.05) is 16.7 Å². The summed E-state index contributed by atoms with van der Waals surface area (Å²) in [5.41, 5.74) is 0. The van der Waals surface area contributed by atoms with Crippen molar-refractivity contribution in [2.45, 2.75) is 64.6 Å². The monoisotopic (exact) mass is 272 g/mol. The summed E-state index contributed by atoms with van der Waals surface area (Å²) in [5.74, 6) is 1.58. The number of hydrogen-bond acceptors (Lipinski definition) is 3. The van der Waals surface area contributed by atoms with Crippen LogP contribution in [0.25, 0.3) is 0 Å². The van der Waals surface area contributed by atoms with Crippen molar-refractivity contribution in [3.63, 3.8) is 0 Å². The van der Waals surface area contributed by atoms with Gasteiger partial charge < -0.3 is 4.90 Å². The van der Waals surface area contributed by atoms with Crippen molar-refractivity contribution in [1.82, 2.24) is 10.2 Å². The number of unbranched alkanes of at least 4 members (excludes halogenated alkanes) is 3. The topological polar surface area (TPSA) is 32.3 Å². The molecule has 106 valence electrons. The first-order valence-corrected chi connectivity index (χ1v) is 8.65. The zero-order valence-corrected chi connectivity index (χ0v) is 12.9. The van der Waals surface area contributed by atoms with Gasteiger partial charge in [-0.3, -0.25) is 10.1 Å². The van der Waals surface area contributed by atoms with E-state index in [0.717, 1.165) is 25.8 Å². The molecule has 4 heteroatoms. The summed E-state index contributed by atoms with van der Waals surface area (Å²) in [5, 5.41) is 3.39. The van der Waals surface area contributed by atoms with Crippen LogP contribution in [0.1, 0.15) is 52.4 Å². The minimum absolute atomic E-state index is 0.0708. The predicted molar refractivity (Wildman–Crippen MR) is 79.9 cm³/mol. The van der Waals surface area contributed by atoms with Crippen molar-refractivity contribution in [2.75, 3.05) is 18.6 Å². The smallest absolute Gasteiger partial charge is 0.241 e. The molecule has 2 unspecified atom stereocenters. The molecule has 3 nitrogen and oxygen atoms in total. The Hall–Kier alpha value is -0.220. The first-order chi connectivity index (χ1) is 8.70. The number of amides is 1. The minimum Gasteiger partial charge on any atom is -0.326 e. The van der Waals surface area contributed by atoms with E-state index in [2.05, 4.69) is 25.4 Å². The van der Waals surface area contributed by atoms with Crippen LogP contribution in [0.4, 0.5) is 0 Å². The van der Waals surface area contributed by atoms with E-state index in [9.17, 15) is 4.79 Å². The van der Waals surface area contributed by atoms with Crippen LogP contribution in [0.5, 0.6) is 0 Å². The second kappa shape index (κ2) is 8.81. The number of nitrogens with zero attached hydrogens (tertiary/aromatic N) is 1. The fourth-order valence-electron chi connectivity index (χ4n) is 2.52. The lowest BCUT2D eigenvalue weighted by molar-refractivity contribution is -0.130. The number of carbonyl (C=O) groups excluding carboxylic acids is 1. The largest absolute Gasteiger partial charge is 0.326 e. The SMILES string of the molecule is CCCC1NC(C)N(CCCCCCSC)C1=O. The Balaban J connectivity index is 2.19. The molecule has 1 aliphatic rings. The van der Waals surface area contributed by atoms with E-state index in [-0.39, 0.29) is 12.2 Å². The summed E-state index contributed by atoms with van der Waals surface area (Å²) in [7, 11) is 0. The van der Waals surface area contributed by atoms with Gasteiger partial charge in [-0.25, -0.2) is 0 Å². The molecule has 1 fully saturated rings. The summed E-state index contributed by atoms with van der Waals surface area (Å²) in [6, 6.07) is 0.0708. The lowest BCUT2D eigenvalue weighted by Crippen LogP contribution is -2.35. The van der Waals surface area contributed by atoms with Gasteiger partial charge in [0.25, 0.3) is 0 Å². The van der Waals surface area contributed by atoms with Crippen LogP contribution >= 0.6 is 11.8 Å². The number of rotatable bonds is 9. The molecular weight excluding hydrogens is 244 g/mol. The van der Waals surface area contributed by atoms with Crippen molar-refractivity contribution in [1.29, 1.82) is 0 Å². The Morgan fingerprint density at radius 1 is 1.28 bits per heavy atom. The van der Waals surface area contributed by atoms with Gasteiger partial charge in [-0.05, 0) is 38.2 Å². The molecule has 0 saturated carbocycles. The van der Waals surface area contributed by atoms with Gasteiger partial charge in [0.15, 0.2) is 0 Å². The molecule has 0 radical (unpaired) electrons. The summed E-state index contributed by atoms with van der Waals surface area (Å²) >= 11 is 1.92. The maximum atomic E-state index is 12.1. The number of thioether (sulfide) groups is 1. The molecule has 0 aromatic heterocycles. The van der Waals surface area contributed by atoms with Gasteiger partial charge in [0.2, 0.25) is 5.91 Å². The Morgan fingerprint density at radius 2 is 2.00 bits per heavy atom. The minimum atomic E-state index is 0.0708. The van der Waals surface area contributed by atoms with E-state index < -0.39 is 0 Å². The number of nitrogens with one attached hydrogen (secondary N) is 1. The zero-order chi connectivity index (χ0) is 13.4. The van der Waals surface area contributed by atoms with E-state index in [1.54, 1.807) is 0 Å². The molecule has 1 amide bonds. The molecule has 0 aromatic carbocycles. The molecule has 1 aliphatic heterocycles. The molecule has 0 spiro atoms. The Labute approximate surface area is 116 Å². The lowest BCUT2D eigenvalue weighted by Gasteiger charge is -2.20. The van der Waals surface area contributed by atoms with Crippen molar-refractivity contribution in [3.8, 4) is 0 Å². The van der Waals surface area contributed by atoms with Gasteiger partial charge in [0.05, 0.1) is 12.2 Å². The van der Waals surface area contributed by atoms with Crippen LogP contribution in [-0.2, 0) is 4.79 Å². The highest BCUT2D eigenvalue weighted by atomic mass is 32.2. The molecule has 18 heavy (non-hydrogen) atoms. The first kappa shape index (κ1) is 15.8. The van der Waals surface area contributed by atoms with Gasteiger partial charge >= 0.3 is 0 Å². The zero-order valence-electron chi connectivity index (χ0n) is 12.1. The van der Waals surface area contributed by atoms with Crippen LogP contribution in [0.2, 0.25) is 0 Å². The molecule has 2 atom stereocenters. The highest BCUT2D eigenvalue weighted by Gasteiger charge is 2.34. The first-order valence-electron chi connectivity index (χ1n) is 7.26. The van der Waals surface area contributed by atoms with Crippen molar-refractivity contribution in [3.05, 3.63) is 0 Å². The average Bonchev–Trinajstić information content (AvgIpc) is 2.61. The summed E-state index contributed by atoms with van der Waals surface area (Å²) in [6.45, 7) is 5.15. The van der Waals surface area contributed by atoms with E-state index >= 15 is 0 Å². The number of carbonyl (C=O) groups is 1. The van der Waals surface area contributed by atoms with Gasteiger partial charge in [-0.1, -0.05) is 26.2 Å². The maximum absolute atomic E-state index is 12.1. The van der Waals surface area contributed by atoms with Crippen molar-refractivity contribution >= 4 is 17.7 Å². The van der Waals surface area contributed by atoms with Crippen LogP contribution in [0, 0.1) is 0 Å². The van der Waals surface area contributed by atoms with E-state index in [1.165, 1.54) is 25.0 Å². The quantitative estimate of drug-likeness (QED) is 0.655. The highest BCUT2D eigenvalue weighted by molar-refractivity contribution is 7.98. The molecule has 1 saturated heterocycles. The normalized spacial score (nSPS) is 23.9. The fraction of sp³-hybridized carbons (Fsp3) is 0.929. The maximum Gasteiger partial charge on any atom is 0.241 e. The Kier molecular flexibility index (Phi) is 7.75. The molecule has 1 rings (SSSR count). The van der Waals surface area contributed by atoms with Crippen LogP contribution in [0.15, 0.2) is 0 Å². The standard InChI is InChI=1S/C14H28N2OS/c1-4-9-13-14(17)16(12(2)15-13)10-7-5-6-8-11-18-3/h12-13,15H,4-11H2,1-3H3. The van der Waals surface area contributed by atoms with Gasteiger partial charge in [-0.15, -0.1) is 0 Å². The third kappa shape index (κ3) is 4.81. The highest BCUT2D eigenvalue weighted by Crippen LogP contribution is 2.15. The predicted octanol–water partition coefficient (Wildman–Crippen LogP) is 2.86. The average molecular weight is 272 g/mol. The molecule has 0 aliphatic carbocycles. The van der Waals surface area contributed by atoms with Crippen molar-refractivity contribution in [2.24, 2.45) is 0 Å². The lowest BCUT2D eigenvalue weighted by atomic mass is 10.1. The van der Waals surface area contributed by atoms with Crippen LogP contribution < -0.4 is 5.32 Å². The second-order valence-electron chi connectivity index (χ2n) is 5.12. The van der Waals surface area contributed by atoms with Gasteiger partial charge in [0.1, 0.15) is 0 Å². The summed E-state index contributed by atoms with van der Waals surface area (Å²) < 4.78 is 0. The summed E-state index contributed by atoms with van der Waals surface area (Å²) in [4.78, 5) is 14.2. The molecule has 0 bridgehead atoms. The summed E-state index contributed by atoms with van der Waals surface area (Å²) in [6.07, 6.45) is 9.40. The molecular formula is C14H28N2OS. The van der Waals surface area contributed by atoms with E-state index in [4.69, 9.17) is 0 Å². The van der Waals surface area contributed by atoms with Gasteiger partial charge in [0, 0.05) is 6.54 Å². The van der Waals surface area contributed by atoms with Crippen LogP contribution in [-0.4, -0.2) is 41.6 Å². The van der Waals surface area contributed by atoms with Crippen LogP contribution in [0.3, 0.4) is 0 Å². The molecule has 1 heterocycles. The van der Waals surface area contributed by atoms with Crippen molar-refractivity contribution < 1.29 is 4.79 Å². The van der Waals surface area contributed by atoms with E-state index in [0.29, 0.717) is 5.91 Å². The number of hydrogen-bond donors (Lipinski definition) is 1. The Morgan fingerprint density at radius 3 is 2.67 bits per heavy atom. The molecule has 1 N–H and O–H groups in total. The second-order valence-corrected chi connectivity index (χ2v) is 6.11. The molecule has 0 aromatic rings. The van der Waals surface area contributed by atoms with Gasteiger partial charge in [-0.2, -0.15) is 11.8 Å². The third-order valence-corrected chi connectivity index (χ3v) is 4.26.